The van der Waals surface area contributed by atoms with Crippen LogP contribution < -0.4 is 0 Å². The first-order valence-electron chi connectivity index (χ1n) is 7.12. The lowest BCUT2D eigenvalue weighted by Gasteiger charge is -2.08. The van der Waals surface area contributed by atoms with Crippen molar-refractivity contribution >= 4 is 22.7 Å². The zero-order chi connectivity index (χ0) is 16.2. The minimum Gasteiger partial charge on any atom is -0.478 e. The largest absolute Gasteiger partial charge is 0.478 e. The summed E-state index contributed by atoms with van der Waals surface area (Å²) in [5, 5.41) is 11.3. The van der Waals surface area contributed by atoms with Crippen LogP contribution in [-0.2, 0) is 11.3 Å². The van der Waals surface area contributed by atoms with E-state index in [1.807, 2.05) is 42.5 Å². The Balaban J connectivity index is 1.77. The van der Waals surface area contributed by atoms with Gasteiger partial charge in [-0.3, -0.25) is 0 Å². The molecule has 0 spiro atoms. The van der Waals surface area contributed by atoms with Crippen LogP contribution in [0.5, 0.6) is 0 Å². The molecular weight excluding hydrogens is 292 g/mol. The van der Waals surface area contributed by atoms with Crippen LogP contribution in [-0.4, -0.2) is 17.0 Å². The molecular formula is C19H14O4. The van der Waals surface area contributed by atoms with E-state index in [2.05, 4.69) is 0 Å². The third kappa shape index (κ3) is 3.21. The summed E-state index contributed by atoms with van der Waals surface area (Å²) >= 11 is 0. The van der Waals surface area contributed by atoms with Gasteiger partial charge in [-0.05, 0) is 34.5 Å². The van der Waals surface area contributed by atoms with E-state index >= 15 is 0 Å². The van der Waals surface area contributed by atoms with E-state index in [0.29, 0.717) is 0 Å². The van der Waals surface area contributed by atoms with Gasteiger partial charge >= 0.3 is 11.9 Å². The van der Waals surface area contributed by atoms with Gasteiger partial charge in [-0.2, -0.15) is 0 Å². The van der Waals surface area contributed by atoms with Crippen LogP contribution in [0.1, 0.15) is 26.3 Å². The fourth-order valence-electron chi connectivity index (χ4n) is 2.40. The lowest BCUT2D eigenvalue weighted by Crippen LogP contribution is -2.11. The molecule has 1 N–H and O–H groups in total. The Morgan fingerprint density at radius 2 is 1.48 bits per heavy atom. The second-order valence-electron chi connectivity index (χ2n) is 5.11. The standard InChI is InChI=1S/C19H14O4/c20-18(21)16-7-3-4-8-17(16)19(22)23-12-13-9-10-14-5-1-2-6-15(14)11-13/h1-11H,12H2,(H,20,21). The van der Waals surface area contributed by atoms with Gasteiger partial charge in [-0.15, -0.1) is 0 Å². The SMILES string of the molecule is O=C(O)c1ccccc1C(=O)OCc1ccc2ccccc2c1. The molecule has 0 bridgehead atoms. The number of esters is 1. The van der Waals surface area contributed by atoms with Gasteiger partial charge in [-0.1, -0.05) is 48.5 Å². The minimum atomic E-state index is -1.15. The van der Waals surface area contributed by atoms with Crippen molar-refractivity contribution in [2.24, 2.45) is 0 Å². The molecule has 0 radical (unpaired) electrons. The summed E-state index contributed by atoms with van der Waals surface area (Å²) < 4.78 is 5.25. The molecule has 0 aromatic heterocycles. The fourth-order valence-corrected chi connectivity index (χ4v) is 2.40. The predicted molar refractivity (Wildman–Crippen MR) is 86.5 cm³/mol. The Hall–Kier alpha value is -3.14. The van der Waals surface area contributed by atoms with Crippen molar-refractivity contribution in [2.45, 2.75) is 6.61 Å². The molecule has 23 heavy (non-hydrogen) atoms. The van der Waals surface area contributed by atoms with Crippen molar-refractivity contribution in [3.63, 3.8) is 0 Å². The van der Waals surface area contributed by atoms with Gasteiger partial charge in [0.05, 0.1) is 11.1 Å². The molecule has 4 nitrogen and oxygen atoms in total. The van der Waals surface area contributed by atoms with Gasteiger partial charge in [0.25, 0.3) is 0 Å². The van der Waals surface area contributed by atoms with Gasteiger partial charge in [0.15, 0.2) is 0 Å². The van der Waals surface area contributed by atoms with Gasteiger partial charge in [-0.25, -0.2) is 9.59 Å². The first kappa shape index (κ1) is 14.8. The summed E-state index contributed by atoms with van der Waals surface area (Å²) in [6, 6.07) is 19.7. The zero-order valence-corrected chi connectivity index (χ0v) is 12.2. The van der Waals surface area contributed by atoms with Crippen LogP contribution in [0.15, 0.2) is 66.7 Å². The number of carbonyl (C=O) groups is 2. The lowest BCUT2D eigenvalue weighted by molar-refractivity contribution is 0.0463. The number of fused-ring (bicyclic) bond motifs is 1. The van der Waals surface area contributed by atoms with E-state index in [1.54, 1.807) is 12.1 Å². The molecule has 0 aliphatic heterocycles. The quantitative estimate of drug-likeness (QED) is 0.743. The third-order valence-electron chi connectivity index (χ3n) is 3.56. The first-order chi connectivity index (χ1) is 11.1. The van der Waals surface area contributed by atoms with Crippen LogP contribution in [0.25, 0.3) is 10.8 Å². The number of carboxylic acids is 1. The Kier molecular flexibility index (Phi) is 4.06. The van der Waals surface area contributed by atoms with E-state index in [9.17, 15) is 9.59 Å². The molecule has 0 amide bonds. The van der Waals surface area contributed by atoms with Gasteiger partial charge < -0.3 is 9.84 Å². The summed E-state index contributed by atoms with van der Waals surface area (Å²) in [7, 11) is 0. The number of carboxylic acid groups (broad SMARTS) is 1. The molecule has 0 unspecified atom stereocenters. The maximum Gasteiger partial charge on any atom is 0.339 e. The first-order valence-corrected chi connectivity index (χ1v) is 7.12. The normalized spacial score (nSPS) is 10.4. The maximum absolute atomic E-state index is 12.1. The minimum absolute atomic E-state index is 0.0563. The lowest BCUT2D eigenvalue weighted by atomic mass is 10.1. The highest BCUT2D eigenvalue weighted by Crippen LogP contribution is 2.17. The summed E-state index contributed by atoms with van der Waals surface area (Å²) in [6.07, 6.45) is 0. The fraction of sp³-hybridized carbons (Fsp3) is 0.0526. The molecule has 3 rings (SSSR count). The van der Waals surface area contributed by atoms with Crippen molar-refractivity contribution < 1.29 is 19.4 Å². The second-order valence-corrected chi connectivity index (χ2v) is 5.11. The molecule has 0 fully saturated rings. The van der Waals surface area contributed by atoms with E-state index < -0.39 is 11.9 Å². The van der Waals surface area contributed by atoms with Crippen LogP contribution in [0.2, 0.25) is 0 Å². The third-order valence-corrected chi connectivity index (χ3v) is 3.56. The number of carbonyl (C=O) groups excluding carboxylic acids is 1. The highest BCUT2D eigenvalue weighted by molar-refractivity contribution is 6.02. The highest BCUT2D eigenvalue weighted by Gasteiger charge is 2.16. The number of benzene rings is 3. The Morgan fingerprint density at radius 1 is 0.826 bits per heavy atom. The van der Waals surface area contributed by atoms with Crippen LogP contribution in [0, 0.1) is 0 Å². The molecule has 0 saturated heterocycles. The zero-order valence-electron chi connectivity index (χ0n) is 12.2. The van der Waals surface area contributed by atoms with E-state index in [0.717, 1.165) is 16.3 Å². The van der Waals surface area contributed by atoms with Crippen LogP contribution in [0.4, 0.5) is 0 Å². The van der Waals surface area contributed by atoms with Crippen molar-refractivity contribution in [3.05, 3.63) is 83.4 Å². The molecule has 0 atom stereocenters. The average Bonchev–Trinajstić information content (AvgIpc) is 2.59. The average molecular weight is 306 g/mol. The number of rotatable bonds is 4. The smallest absolute Gasteiger partial charge is 0.339 e. The van der Waals surface area contributed by atoms with E-state index in [1.165, 1.54) is 12.1 Å². The van der Waals surface area contributed by atoms with E-state index in [4.69, 9.17) is 9.84 Å². The van der Waals surface area contributed by atoms with Crippen LogP contribution in [0.3, 0.4) is 0 Å². The maximum atomic E-state index is 12.1. The van der Waals surface area contributed by atoms with Gasteiger partial charge in [0.1, 0.15) is 6.61 Å². The number of hydrogen-bond acceptors (Lipinski definition) is 3. The molecule has 4 heteroatoms. The number of hydrogen-bond donors (Lipinski definition) is 1. The molecule has 3 aromatic carbocycles. The second kappa shape index (κ2) is 6.32. The summed E-state index contributed by atoms with van der Waals surface area (Å²) in [5.74, 6) is -1.79. The van der Waals surface area contributed by atoms with Crippen molar-refractivity contribution in [2.75, 3.05) is 0 Å². The highest BCUT2D eigenvalue weighted by atomic mass is 16.5. The van der Waals surface area contributed by atoms with Crippen molar-refractivity contribution in [1.82, 2.24) is 0 Å². The molecule has 0 heterocycles. The molecule has 0 aliphatic carbocycles. The summed E-state index contributed by atoms with van der Waals surface area (Å²) in [4.78, 5) is 23.3. The van der Waals surface area contributed by atoms with Gasteiger partial charge in [0.2, 0.25) is 0 Å². The van der Waals surface area contributed by atoms with Crippen molar-refractivity contribution in [1.29, 1.82) is 0 Å². The number of ether oxygens (including phenoxy) is 1. The molecule has 0 saturated carbocycles. The summed E-state index contributed by atoms with van der Waals surface area (Å²) in [5.41, 5.74) is 0.849. The topological polar surface area (TPSA) is 63.6 Å². The predicted octanol–water partition coefficient (Wildman–Crippen LogP) is 3.90. The van der Waals surface area contributed by atoms with Gasteiger partial charge in [0, 0.05) is 0 Å². The van der Waals surface area contributed by atoms with E-state index in [-0.39, 0.29) is 17.7 Å². The Morgan fingerprint density at radius 3 is 2.22 bits per heavy atom. The summed E-state index contributed by atoms with van der Waals surface area (Å²) in [6.45, 7) is 0.0949. The van der Waals surface area contributed by atoms with Crippen molar-refractivity contribution in [3.8, 4) is 0 Å². The number of aromatic carboxylic acids is 1. The monoisotopic (exact) mass is 306 g/mol. The molecule has 3 aromatic rings. The van der Waals surface area contributed by atoms with Crippen LogP contribution >= 0.6 is 0 Å². The Labute approximate surface area is 132 Å². The molecule has 114 valence electrons. The molecule has 0 aliphatic rings. The Bertz CT molecular complexity index is 883.